The maximum Gasteiger partial charge on any atom is 0.470 e. The number of fused-ring (bicyclic) bond motifs is 1. The van der Waals surface area contributed by atoms with E-state index >= 15 is 0 Å². The van der Waals surface area contributed by atoms with Crippen molar-refractivity contribution in [3.63, 3.8) is 0 Å². The maximum absolute atomic E-state index is 12.9. The number of benzene rings is 1. The van der Waals surface area contributed by atoms with E-state index in [1.165, 1.54) is 19.2 Å². The number of rotatable bonds is 5. The van der Waals surface area contributed by atoms with Gasteiger partial charge in [0, 0.05) is 12.6 Å². The van der Waals surface area contributed by atoms with Crippen molar-refractivity contribution in [1.82, 2.24) is 24.1 Å². The van der Waals surface area contributed by atoms with Crippen LogP contribution < -0.4 is 16.0 Å². The van der Waals surface area contributed by atoms with Gasteiger partial charge in [0.05, 0.1) is 15.8 Å². The highest BCUT2D eigenvalue weighted by Crippen LogP contribution is 2.36. The predicted octanol–water partition coefficient (Wildman–Crippen LogP) is 0.981. The average Bonchev–Trinajstić information content (AvgIpc) is 3.19. The van der Waals surface area contributed by atoms with Crippen LogP contribution in [0.5, 0.6) is 0 Å². The van der Waals surface area contributed by atoms with Crippen LogP contribution in [0.1, 0.15) is 31.5 Å². The smallest absolute Gasteiger partial charge is 0.415 e. The summed E-state index contributed by atoms with van der Waals surface area (Å²) in [7, 11) is -2.58. The van der Waals surface area contributed by atoms with E-state index in [9.17, 15) is 31.2 Å². The minimum Gasteiger partial charge on any atom is -0.415 e. The summed E-state index contributed by atoms with van der Waals surface area (Å²) in [6.07, 6.45) is -3.50. The number of hydrogen-bond acceptors (Lipinski definition) is 7. The summed E-state index contributed by atoms with van der Waals surface area (Å²) in [5.41, 5.74) is -2.13. The maximum atomic E-state index is 12.9. The highest BCUT2D eigenvalue weighted by molar-refractivity contribution is 7.89. The molecule has 0 radical (unpaired) electrons. The molecule has 0 saturated heterocycles. The number of nitrogens with zero attached hydrogens (tertiary/aromatic N) is 4. The van der Waals surface area contributed by atoms with Crippen molar-refractivity contribution in [1.29, 1.82) is 0 Å². The van der Waals surface area contributed by atoms with Crippen LogP contribution in [0, 0.1) is 0 Å². The lowest BCUT2D eigenvalue weighted by molar-refractivity contribution is -0.157. The van der Waals surface area contributed by atoms with E-state index in [1.54, 1.807) is 6.92 Å². The molecular weight excluding hydrogens is 443 g/mol. The number of nitrogens with one attached hydrogen (secondary N) is 1. The third-order valence-electron chi connectivity index (χ3n) is 5.02. The first-order valence-electron chi connectivity index (χ1n) is 8.98. The molecule has 2 aromatic heterocycles. The normalized spacial score (nSPS) is 16.0. The Hall–Kier alpha value is -3.00. The van der Waals surface area contributed by atoms with Crippen LogP contribution in [0.25, 0.3) is 10.9 Å². The molecule has 1 N–H and O–H groups in total. The Kier molecular flexibility index (Phi) is 4.62. The fourth-order valence-electron chi connectivity index (χ4n) is 3.04. The van der Waals surface area contributed by atoms with Crippen LogP contribution in [-0.4, -0.2) is 33.3 Å². The van der Waals surface area contributed by atoms with Gasteiger partial charge in [-0.2, -0.15) is 13.2 Å². The second-order valence-corrected chi connectivity index (χ2v) is 9.26. The Balaban J connectivity index is 1.81. The van der Waals surface area contributed by atoms with E-state index in [2.05, 4.69) is 19.3 Å². The average molecular weight is 459 g/mol. The molecule has 3 aromatic rings. The fraction of sp³-hybridized carbons (Fsp3) is 0.412. The highest BCUT2D eigenvalue weighted by Gasteiger charge is 2.41. The molecule has 1 saturated carbocycles. The molecule has 31 heavy (non-hydrogen) atoms. The van der Waals surface area contributed by atoms with E-state index in [0.717, 1.165) is 10.6 Å². The van der Waals surface area contributed by atoms with Crippen LogP contribution in [-0.2, 0) is 29.8 Å². The minimum absolute atomic E-state index is 0.110. The Morgan fingerprint density at radius 3 is 2.48 bits per heavy atom. The van der Waals surface area contributed by atoms with Gasteiger partial charge in [0.1, 0.15) is 6.54 Å². The van der Waals surface area contributed by atoms with Gasteiger partial charge >= 0.3 is 17.8 Å². The lowest BCUT2D eigenvalue weighted by Gasteiger charge is -2.14. The molecule has 10 nitrogen and oxygen atoms in total. The van der Waals surface area contributed by atoms with Gasteiger partial charge < -0.3 is 4.42 Å². The van der Waals surface area contributed by atoms with Crippen molar-refractivity contribution in [2.75, 3.05) is 0 Å². The van der Waals surface area contributed by atoms with Gasteiger partial charge in [-0.3, -0.25) is 13.9 Å². The summed E-state index contributed by atoms with van der Waals surface area (Å²) in [5.74, 6) is -2.21. The molecule has 0 aliphatic heterocycles. The number of hydrogen-bond donors (Lipinski definition) is 1. The molecular formula is C17H16F3N5O5S. The largest absolute Gasteiger partial charge is 0.470 e. The third-order valence-corrected chi connectivity index (χ3v) is 6.65. The lowest BCUT2D eigenvalue weighted by atomic mass is 10.2. The van der Waals surface area contributed by atoms with Crippen LogP contribution in [0.2, 0.25) is 0 Å². The summed E-state index contributed by atoms with van der Waals surface area (Å²) in [6.45, 7) is 1.04. The molecule has 0 amide bonds. The van der Waals surface area contributed by atoms with Gasteiger partial charge in [-0.1, -0.05) is 0 Å². The van der Waals surface area contributed by atoms with Crippen molar-refractivity contribution in [2.45, 2.75) is 42.9 Å². The van der Waals surface area contributed by atoms with Crippen LogP contribution >= 0.6 is 0 Å². The van der Waals surface area contributed by atoms with Crippen molar-refractivity contribution in [2.24, 2.45) is 7.05 Å². The molecule has 1 aliphatic carbocycles. The van der Waals surface area contributed by atoms with Gasteiger partial charge in [-0.15, -0.1) is 10.2 Å². The highest BCUT2D eigenvalue weighted by atomic mass is 32.2. The molecule has 1 aromatic carbocycles. The van der Waals surface area contributed by atoms with Crippen LogP contribution in [0.3, 0.4) is 0 Å². The van der Waals surface area contributed by atoms with E-state index in [1.807, 2.05) is 0 Å². The van der Waals surface area contributed by atoms with Crippen molar-refractivity contribution < 1.29 is 26.0 Å². The summed E-state index contributed by atoms with van der Waals surface area (Å²) < 4.78 is 72.0. The topological polar surface area (TPSA) is 129 Å². The number of halogens is 3. The first-order chi connectivity index (χ1) is 14.3. The van der Waals surface area contributed by atoms with Crippen molar-refractivity contribution in [3.8, 4) is 0 Å². The summed E-state index contributed by atoms with van der Waals surface area (Å²) in [6, 6.07) is 3.71. The molecule has 0 unspecified atom stereocenters. The second kappa shape index (κ2) is 6.75. The number of aromatic nitrogens is 4. The Labute approximate surface area is 172 Å². The number of alkyl halides is 3. The molecule has 2 heterocycles. The first-order valence-corrected chi connectivity index (χ1v) is 10.5. The molecule has 0 spiro atoms. The number of aryl methyl sites for hydroxylation is 1. The lowest BCUT2D eigenvalue weighted by Crippen LogP contribution is -2.39. The van der Waals surface area contributed by atoms with Crippen LogP contribution in [0.15, 0.2) is 37.1 Å². The summed E-state index contributed by atoms with van der Waals surface area (Å²) in [5, 5.41) is 5.97. The Morgan fingerprint density at radius 1 is 1.23 bits per heavy atom. The molecule has 1 fully saturated rings. The van der Waals surface area contributed by atoms with E-state index in [-0.39, 0.29) is 15.8 Å². The quantitative estimate of drug-likeness (QED) is 0.602. The molecule has 1 aliphatic rings. The number of sulfonamides is 1. The SMILES string of the molecule is Cn1c(=O)n(Cc2nnc(C(F)(F)F)o2)c(=O)c2cc(S(=O)(=O)NC3(C)CC3)ccc21. The van der Waals surface area contributed by atoms with Crippen molar-refractivity contribution in [3.05, 3.63) is 50.8 Å². The van der Waals surface area contributed by atoms with E-state index in [4.69, 9.17) is 0 Å². The molecule has 166 valence electrons. The zero-order valence-corrected chi connectivity index (χ0v) is 17.0. The van der Waals surface area contributed by atoms with Crippen LogP contribution in [0.4, 0.5) is 13.2 Å². The standard InChI is InChI=1S/C17H16F3N5O5S/c1-16(5-6-16)23-31(28,29)9-3-4-11-10(7-9)13(26)25(15(27)24(11)2)8-12-21-22-14(30-12)17(18,19)20/h3-4,7,23H,5-6,8H2,1-2H3. The molecule has 4 rings (SSSR count). The minimum atomic E-state index is -4.88. The monoisotopic (exact) mass is 459 g/mol. The zero-order valence-electron chi connectivity index (χ0n) is 16.2. The Morgan fingerprint density at radius 2 is 1.90 bits per heavy atom. The predicted molar refractivity (Wildman–Crippen MR) is 99.8 cm³/mol. The Bertz CT molecular complexity index is 1420. The molecule has 14 heteroatoms. The second-order valence-electron chi connectivity index (χ2n) is 7.58. The van der Waals surface area contributed by atoms with Gasteiger partial charge in [0.25, 0.3) is 5.56 Å². The van der Waals surface area contributed by atoms with Gasteiger partial charge in [0.15, 0.2) is 0 Å². The van der Waals surface area contributed by atoms with E-state index < -0.39 is 51.3 Å². The summed E-state index contributed by atoms with van der Waals surface area (Å²) in [4.78, 5) is 25.3. The zero-order chi connectivity index (χ0) is 22.8. The molecule has 0 atom stereocenters. The third kappa shape index (κ3) is 3.87. The summed E-state index contributed by atoms with van der Waals surface area (Å²) >= 11 is 0. The van der Waals surface area contributed by atoms with Gasteiger partial charge in [-0.05, 0) is 38.0 Å². The fourth-order valence-corrected chi connectivity index (χ4v) is 4.53. The van der Waals surface area contributed by atoms with E-state index in [0.29, 0.717) is 17.4 Å². The van der Waals surface area contributed by atoms with Gasteiger partial charge in [0.2, 0.25) is 15.9 Å². The van der Waals surface area contributed by atoms with Gasteiger partial charge in [-0.25, -0.2) is 17.9 Å². The first kappa shape index (κ1) is 21.2. The molecule has 0 bridgehead atoms. The van der Waals surface area contributed by atoms with Crippen molar-refractivity contribution >= 4 is 20.9 Å².